The van der Waals surface area contributed by atoms with Gasteiger partial charge in [0.1, 0.15) is 0 Å². The normalized spacial score (nSPS) is 10.9. The van der Waals surface area contributed by atoms with Crippen LogP contribution in [0.4, 0.5) is 5.69 Å². The van der Waals surface area contributed by atoms with E-state index in [4.69, 9.17) is 5.73 Å². The van der Waals surface area contributed by atoms with Gasteiger partial charge in [-0.05, 0) is 17.7 Å². The molecule has 0 unspecified atom stereocenters. The Morgan fingerprint density at radius 2 is 1.88 bits per heavy atom. The van der Waals surface area contributed by atoms with Crippen LogP contribution in [0.2, 0.25) is 0 Å². The van der Waals surface area contributed by atoms with Gasteiger partial charge in [0.2, 0.25) is 0 Å². The van der Waals surface area contributed by atoms with Gasteiger partial charge in [-0.3, -0.25) is 15.1 Å². The Morgan fingerprint density at radius 1 is 1.35 bits per heavy atom. The van der Waals surface area contributed by atoms with Gasteiger partial charge < -0.3 is 5.73 Å². The van der Waals surface area contributed by atoms with E-state index in [1.54, 1.807) is 25.4 Å². The minimum atomic E-state index is -0.441. The molecule has 0 saturated carbocycles. The van der Waals surface area contributed by atoms with Crippen LogP contribution in [-0.4, -0.2) is 18.2 Å². The van der Waals surface area contributed by atoms with Crippen molar-refractivity contribution in [3.05, 3.63) is 46.1 Å². The molecule has 0 atom stereocenters. The third-order valence-corrected chi connectivity index (χ3v) is 1.86. The van der Waals surface area contributed by atoms with E-state index in [1.807, 2.05) is 13.8 Å². The Hall–Kier alpha value is -2.17. The van der Waals surface area contributed by atoms with E-state index in [0.717, 1.165) is 11.1 Å². The van der Waals surface area contributed by atoms with Crippen molar-refractivity contribution >= 4 is 17.5 Å². The number of non-ortho nitro benzene ring substituents is 1. The van der Waals surface area contributed by atoms with Crippen molar-refractivity contribution in [2.75, 3.05) is 7.05 Å². The molecule has 92 valence electrons. The topological polar surface area (TPSA) is 81.5 Å². The lowest BCUT2D eigenvalue weighted by Gasteiger charge is -1.99. The molecule has 0 spiro atoms. The van der Waals surface area contributed by atoms with Crippen LogP contribution in [0.3, 0.4) is 0 Å². The number of rotatable bonds is 3. The molecule has 5 nitrogen and oxygen atoms in total. The van der Waals surface area contributed by atoms with Crippen LogP contribution in [0.5, 0.6) is 0 Å². The maximum absolute atomic E-state index is 10.4. The van der Waals surface area contributed by atoms with Crippen LogP contribution >= 0.6 is 0 Å². The number of nitrogens with two attached hydrogens (primary N) is 1. The summed E-state index contributed by atoms with van der Waals surface area (Å²) in [5.74, 6) is 0. The summed E-state index contributed by atoms with van der Waals surface area (Å²) in [5, 5.41) is 10.4. The van der Waals surface area contributed by atoms with Crippen molar-refractivity contribution in [1.29, 1.82) is 0 Å². The quantitative estimate of drug-likeness (QED) is 0.496. The fraction of sp³-hybridized carbons (Fsp3) is 0.250. The average Bonchev–Trinajstić information content (AvgIpc) is 2.38. The van der Waals surface area contributed by atoms with E-state index in [0.29, 0.717) is 0 Å². The lowest BCUT2D eigenvalue weighted by molar-refractivity contribution is -0.384. The van der Waals surface area contributed by atoms with Gasteiger partial charge in [0.15, 0.2) is 0 Å². The monoisotopic (exact) mass is 235 g/mol. The number of benzene rings is 1. The second kappa shape index (κ2) is 8.04. The molecule has 2 N–H and O–H groups in total. The van der Waals surface area contributed by atoms with E-state index in [2.05, 4.69) is 4.99 Å². The summed E-state index contributed by atoms with van der Waals surface area (Å²) in [4.78, 5) is 13.8. The lowest BCUT2D eigenvalue weighted by Crippen LogP contribution is -1.92. The predicted molar refractivity (Wildman–Crippen MR) is 71.0 cm³/mol. The second-order valence-electron chi connectivity index (χ2n) is 2.81. The van der Waals surface area contributed by atoms with Gasteiger partial charge in [-0.1, -0.05) is 13.8 Å². The fourth-order valence-electron chi connectivity index (χ4n) is 1.13. The minimum absolute atomic E-state index is 0.0589. The zero-order valence-corrected chi connectivity index (χ0v) is 10.3. The molecule has 0 amide bonds. The first kappa shape index (κ1) is 14.8. The molecule has 0 saturated heterocycles. The maximum Gasteiger partial charge on any atom is 0.269 e. The highest BCUT2D eigenvalue weighted by Crippen LogP contribution is 2.16. The largest absolute Gasteiger partial charge is 0.404 e. The summed E-state index contributed by atoms with van der Waals surface area (Å²) < 4.78 is 0. The van der Waals surface area contributed by atoms with E-state index >= 15 is 0 Å². The first-order valence-corrected chi connectivity index (χ1v) is 5.28. The van der Waals surface area contributed by atoms with Crippen LogP contribution < -0.4 is 5.73 Å². The molecular formula is C12H17N3O2. The first-order chi connectivity index (χ1) is 8.19. The summed E-state index contributed by atoms with van der Waals surface area (Å²) in [6, 6.07) is 6.14. The Labute approximate surface area is 101 Å². The predicted octanol–water partition coefficient (Wildman–Crippen LogP) is 2.62. The molecule has 0 radical (unpaired) electrons. The Bertz CT molecular complexity index is 408. The summed E-state index contributed by atoms with van der Waals surface area (Å²) in [6.45, 7) is 4.00. The Balaban J connectivity index is 0.00000121. The van der Waals surface area contributed by atoms with Crippen molar-refractivity contribution in [2.24, 2.45) is 10.7 Å². The molecule has 0 heterocycles. The highest BCUT2D eigenvalue weighted by Gasteiger charge is 2.05. The molecule has 0 aromatic heterocycles. The summed E-state index contributed by atoms with van der Waals surface area (Å²) in [5.41, 5.74) is 6.99. The molecule has 1 aromatic rings. The number of nitro benzene ring substituents is 1. The number of allylic oxidation sites excluding steroid dienone is 1. The number of aliphatic imine (C=N–C) groups is 1. The summed E-state index contributed by atoms with van der Waals surface area (Å²) in [7, 11) is 1.63. The van der Waals surface area contributed by atoms with Crippen molar-refractivity contribution in [3.63, 3.8) is 0 Å². The number of hydrogen-bond acceptors (Lipinski definition) is 4. The zero-order valence-electron chi connectivity index (χ0n) is 10.3. The third kappa shape index (κ3) is 4.46. The van der Waals surface area contributed by atoms with E-state index in [-0.39, 0.29) is 5.69 Å². The molecule has 0 bridgehead atoms. The molecule has 0 aliphatic heterocycles. The Morgan fingerprint density at radius 3 is 2.24 bits per heavy atom. The summed E-state index contributed by atoms with van der Waals surface area (Å²) in [6.07, 6.45) is 3.01. The van der Waals surface area contributed by atoms with Gasteiger partial charge in [-0.2, -0.15) is 0 Å². The first-order valence-electron chi connectivity index (χ1n) is 5.28. The summed E-state index contributed by atoms with van der Waals surface area (Å²) >= 11 is 0. The molecule has 1 aromatic carbocycles. The molecule has 1 rings (SSSR count). The van der Waals surface area contributed by atoms with Crippen molar-refractivity contribution < 1.29 is 4.92 Å². The van der Waals surface area contributed by atoms with Crippen molar-refractivity contribution in [2.45, 2.75) is 13.8 Å². The van der Waals surface area contributed by atoms with Gasteiger partial charge in [-0.15, -0.1) is 0 Å². The standard InChI is InChI=1S/C10H11N3O2.C2H6/c1-12-7-9(6-11)8-2-4-10(5-3-8)13(14)15;1-2/h2-7H,11H2,1H3;1-2H3/b9-6+,12-7?;. The van der Waals surface area contributed by atoms with Crippen molar-refractivity contribution in [3.8, 4) is 0 Å². The van der Waals surface area contributed by atoms with Gasteiger partial charge in [0.05, 0.1) is 4.92 Å². The Kier molecular flexibility index (Phi) is 7.01. The molecular weight excluding hydrogens is 218 g/mol. The van der Waals surface area contributed by atoms with Crippen LogP contribution in [0.25, 0.3) is 5.57 Å². The fourth-order valence-corrected chi connectivity index (χ4v) is 1.13. The SMILES string of the molecule is CC.CN=C/C(=C\N)c1ccc([N+](=O)[O-])cc1. The highest BCUT2D eigenvalue weighted by atomic mass is 16.6. The molecule has 0 aliphatic rings. The van der Waals surface area contributed by atoms with E-state index in [1.165, 1.54) is 18.3 Å². The van der Waals surface area contributed by atoms with E-state index < -0.39 is 4.92 Å². The number of hydrogen-bond donors (Lipinski definition) is 1. The van der Waals surface area contributed by atoms with E-state index in [9.17, 15) is 10.1 Å². The number of nitro groups is 1. The third-order valence-electron chi connectivity index (χ3n) is 1.86. The molecule has 17 heavy (non-hydrogen) atoms. The lowest BCUT2D eigenvalue weighted by atomic mass is 10.1. The van der Waals surface area contributed by atoms with Crippen LogP contribution in [-0.2, 0) is 0 Å². The zero-order chi connectivity index (χ0) is 13.3. The second-order valence-corrected chi connectivity index (χ2v) is 2.81. The van der Waals surface area contributed by atoms with Gasteiger partial charge in [0, 0.05) is 37.2 Å². The van der Waals surface area contributed by atoms with Gasteiger partial charge >= 0.3 is 0 Å². The van der Waals surface area contributed by atoms with Crippen molar-refractivity contribution in [1.82, 2.24) is 0 Å². The number of nitrogens with zero attached hydrogens (tertiary/aromatic N) is 2. The van der Waals surface area contributed by atoms with Crippen LogP contribution in [0.1, 0.15) is 19.4 Å². The van der Waals surface area contributed by atoms with Crippen LogP contribution in [0, 0.1) is 10.1 Å². The van der Waals surface area contributed by atoms with Gasteiger partial charge in [-0.25, -0.2) is 0 Å². The molecule has 5 heteroatoms. The maximum atomic E-state index is 10.4. The smallest absolute Gasteiger partial charge is 0.269 e. The highest BCUT2D eigenvalue weighted by molar-refractivity contribution is 6.09. The van der Waals surface area contributed by atoms with Gasteiger partial charge in [0.25, 0.3) is 5.69 Å². The average molecular weight is 235 g/mol. The minimum Gasteiger partial charge on any atom is -0.404 e. The van der Waals surface area contributed by atoms with Crippen LogP contribution in [0.15, 0.2) is 35.5 Å². The molecule has 0 aliphatic carbocycles. The molecule has 0 fully saturated rings.